The van der Waals surface area contributed by atoms with E-state index in [4.69, 9.17) is 16.3 Å². The maximum Gasteiger partial charge on any atom is 0.273 e. The molecule has 0 saturated carbocycles. The van der Waals surface area contributed by atoms with Crippen molar-refractivity contribution in [2.24, 2.45) is 0 Å². The van der Waals surface area contributed by atoms with Crippen LogP contribution >= 0.6 is 11.6 Å². The second-order valence-electron chi connectivity index (χ2n) is 8.53. The number of nitrogens with zero attached hydrogens (tertiary/aromatic N) is 2. The van der Waals surface area contributed by atoms with Crippen LogP contribution in [-0.4, -0.2) is 38.9 Å². The maximum absolute atomic E-state index is 13.8. The van der Waals surface area contributed by atoms with E-state index in [0.717, 1.165) is 22.4 Å². The smallest absolute Gasteiger partial charge is 0.273 e. The van der Waals surface area contributed by atoms with Gasteiger partial charge in [-0.05, 0) is 56.5 Å². The van der Waals surface area contributed by atoms with Gasteiger partial charge in [0.1, 0.15) is 12.3 Å². The number of benzene rings is 3. The number of anilines is 1. The van der Waals surface area contributed by atoms with Crippen LogP contribution in [0, 0.1) is 17.0 Å². The number of amides is 1. The molecule has 0 aliphatic carbocycles. The fourth-order valence-corrected chi connectivity index (χ4v) is 5.39. The Hall–Kier alpha value is -3.63. The number of hydrogen-bond acceptors (Lipinski definition) is 6. The highest BCUT2D eigenvalue weighted by molar-refractivity contribution is 7.92. The van der Waals surface area contributed by atoms with Crippen molar-refractivity contribution in [2.75, 3.05) is 18.0 Å². The van der Waals surface area contributed by atoms with Crippen molar-refractivity contribution >= 4 is 38.9 Å². The Bertz CT molecular complexity index is 1380. The van der Waals surface area contributed by atoms with Crippen LogP contribution in [-0.2, 0) is 21.2 Å². The summed E-state index contributed by atoms with van der Waals surface area (Å²) in [5.41, 5.74) is 1.11. The van der Waals surface area contributed by atoms with Crippen molar-refractivity contribution < 1.29 is 22.9 Å². The molecule has 0 saturated heterocycles. The third kappa shape index (κ3) is 6.99. The van der Waals surface area contributed by atoms with Crippen LogP contribution in [0.3, 0.4) is 0 Å². The minimum Gasteiger partial charge on any atom is -0.495 e. The number of nitro benzene ring substituents is 1. The van der Waals surface area contributed by atoms with Crippen LogP contribution in [0.1, 0.15) is 24.5 Å². The van der Waals surface area contributed by atoms with E-state index >= 15 is 0 Å². The van der Waals surface area contributed by atoms with Crippen LogP contribution < -0.4 is 14.4 Å². The number of nitro groups is 1. The largest absolute Gasteiger partial charge is 0.495 e. The first-order valence-corrected chi connectivity index (χ1v) is 13.3. The van der Waals surface area contributed by atoms with E-state index < -0.39 is 27.4 Å². The summed E-state index contributed by atoms with van der Waals surface area (Å²) in [5, 5.41) is 14.5. The zero-order valence-corrected chi connectivity index (χ0v) is 22.3. The summed E-state index contributed by atoms with van der Waals surface area (Å²) in [6.45, 7) is 2.76. The Labute approximate surface area is 221 Å². The fourth-order valence-electron chi connectivity index (χ4n) is 3.78. The Balaban J connectivity index is 1.92. The van der Waals surface area contributed by atoms with Gasteiger partial charge in [-0.2, -0.15) is 0 Å². The minimum atomic E-state index is -4.43. The van der Waals surface area contributed by atoms with Gasteiger partial charge in [0.25, 0.3) is 15.7 Å². The quantitative estimate of drug-likeness (QED) is 0.270. The molecule has 0 fully saturated rings. The number of hydrogen-bond donors (Lipinski definition) is 1. The first-order valence-electron chi connectivity index (χ1n) is 11.5. The number of carbonyl (C=O) groups is 1. The van der Waals surface area contributed by atoms with Gasteiger partial charge in [0.05, 0.1) is 22.6 Å². The molecule has 3 aromatic carbocycles. The molecule has 0 radical (unpaired) electrons. The average Bonchev–Trinajstić information content (AvgIpc) is 2.86. The predicted octanol–water partition coefficient (Wildman–Crippen LogP) is 4.90. The number of nitrogens with one attached hydrogen (secondary N) is 1. The lowest BCUT2D eigenvalue weighted by Crippen LogP contribution is -2.43. The molecule has 0 spiro atoms. The van der Waals surface area contributed by atoms with Gasteiger partial charge < -0.3 is 10.1 Å². The zero-order chi connectivity index (χ0) is 27.2. The second-order valence-corrected chi connectivity index (χ2v) is 10.8. The summed E-state index contributed by atoms with van der Waals surface area (Å²) in [6, 6.07) is 17.5. The molecule has 0 aliphatic rings. The molecular weight excluding hydrogens is 518 g/mol. The van der Waals surface area contributed by atoms with Crippen molar-refractivity contribution in [1.29, 1.82) is 0 Å². The predicted molar refractivity (Wildman–Crippen MR) is 143 cm³/mol. The summed E-state index contributed by atoms with van der Waals surface area (Å²) < 4.78 is 33.7. The van der Waals surface area contributed by atoms with Crippen molar-refractivity contribution in [1.82, 2.24) is 5.32 Å². The Morgan fingerprint density at radius 3 is 2.49 bits per heavy atom. The van der Waals surface area contributed by atoms with Gasteiger partial charge >= 0.3 is 0 Å². The summed E-state index contributed by atoms with van der Waals surface area (Å²) >= 11 is 6.15. The van der Waals surface area contributed by atoms with Crippen LogP contribution in [0.4, 0.5) is 11.4 Å². The molecule has 0 bridgehead atoms. The number of aryl methyl sites for hydroxylation is 2. The van der Waals surface area contributed by atoms with E-state index in [0.29, 0.717) is 12.0 Å². The number of ether oxygens (including phenoxy) is 1. The number of halogens is 1. The van der Waals surface area contributed by atoms with E-state index in [9.17, 15) is 23.3 Å². The molecule has 1 N–H and O–H groups in total. The van der Waals surface area contributed by atoms with Crippen molar-refractivity contribution in [2.45, 2.75) is 37.6 Å². The third-order valence-corrected chi connectivity index (χ3v) is 7.77. The summed E-state index contributed by atoms with van der Waals surface area (Å²) in [4.78, 5) is 23.5. The number of rotatable bonds is 11. The lowest BCUT2D eigenvalue weighted by Gasteiger charge is -2.26. The van der Waals surface area contributed by atoms with E-state index in [1.807, 2.05) is 37.3 Å². The van der Waals surface area contributed by atoms with Crippen LogP contribution in [0.15, 0.2) is 71.6 Å². The molecule has 0 aromatic heterocycles. The molecule has 3 aromatic rings. The number of methoxy groups -OCH3 is 1. The van der Waals surface area contributed by atoms with Crippen molar-refractivity contribution in [3.63, 3.8) is 0 Å². The summed E-state index contributed by atoms with van der Waals surface area (Å²) in [6.07, 6.45) is 1.38. The summed E-state index contributed by atoms with van der Waals surface area (Å²) in [7, 11) is -3.07. The van der Waals surface area contributed by atoms with Crippen LogP contribution in [0.25, 0.3) is 0 Å². The highest BCUT2D eigenvalue weighted by atomic mass is 35.5. The molecule has 3 rings (SSSR count). The Kier molecular flexibility index (Phi) is 9.12. The monoisotopic (exact) mass is 545 g/mol. The highest BCUT2D eigenvalue weighted by Gasteiger charge is 2.31. The van der Waals surface area contributed by atoms with Gasteiger partial charge in [0.2, 0.25) is 5.91 Å². The van der Waals surface area contributed by atoms with Gasteiger partial charge in [-0.1, -0.05) is 48.0 Å². The standard InChI is InChI=1S/C26H28ClN3O6S/c1-18-9-13-22(16-23(18)30(32)33)37(34,35)29(24-15-21(27)12-14-25(24)36-3)17-26(31)28-19(2)10-11-20-7-5-4-6-8-20/h4-9,12-16,19H,10-11,17H2,1-3H3,(H,28,31)/t19-/m1/s1. The molecule has 196 valence electrons. The molecule has 11 heteroatoms. The van der Waals surface area contributed by atoms with E-state index in [1.54, 1.807) is 0 Å². The molecular formula is C26H28ClN3O6S. The molecule has 0 unspecified atom stereocenters. The Morgan fingerprint density at radius 1 is 1.14 bits per heavy atom. The molecule has 1 amide bonds. The topological polar surface area (TPSA) is 119 Å². The van der Waals surface area contributed by atoms with Crippen LogP contribution in [0.5, 0.6) is 5.75 Å². The zero-order valence-electron chi connectivity index (χ0n) is 20.7. The van der Waals surface area contributed by atoms with Gasteiger partial charge in [0, 0.05) is 22.7 Å². The van der Waals surface area contributed by atoms with Gasteiger partial charge in [0.15, 0.2) is 0 Å². The highest BCUT2D eigenvalue weighted by Crippen LogP contribution is 2.35. The van der Waals surface area contributed by atoms with Gasteiger partial charge in [-0.3, -0.25) is 19.2 Å². The van der Waals surface area contributed by atoms with Crippen molar-refractivity contribution in [3.8, 4) is 5.75 Å². The second kappa shape index (κ2) is 12.1. The normalized spacial score (nSPS) is 12.0. The number of sulfonamides is 1. The van der Waals surface area contributed by atoms with Crippen molar-refractivity contribution in [3.05, 3.63) is 93.0 Å². The third-order valence-electron chi connectivity index (χ3n) is 5.78. The van der Waals surface area contributed by atoms with Gasteiger partial charge in [-0.15, -0.1) is 0 Å². The maximum atomic E-state index is 13.8. The fraction of sp³-hybridized carbons (Fsp3) is 0.269. The Morgan fingerprint density at radius 2 is 1.84 bits per heavy atom. The SMILES string of the molecule is COc1ccc(Cl)cc1N(CC(=O)N[C@H](C)CCc1ccccc1)S(=O)(=O)c1ccc(C)c([N+](=O)[O-])c1. The first kappa shape index (κ1) is 27.9. The molecule has 9 nitrogen and oxygen atoms in total. The molecule has 0 aliphatic heterocycles. The van der Waals surface area contributed by atoms with E-state index in [1.165, 1.54) is 44.4 Å². The number of carbonyl (C=O) groups excluding carboxylic acids is 1. The summed E-state index contributed by atoms with van der Waals surface area (Å²) in [5.74, 6) is -0.382. The molecule has 1 atom stereocenters. The lowest BCUT2D eigenvalue weighted by atomic mass is 10.1. The molecule has 37 heavy (non-hydrogen) atoms. The minimum absolute atomic E-state index is 0.0327. The molecule has 0 heterocycles. The first-order chi connectivity index (χ1) is 17.5. The van der Waals surface area contributed by atoms with Gasteiger partial charge in [-0.25, -0.2) is 8.42 Å². The van der Waals surface area contributed by atoms with E-state index in [-0.39, 0.29) is 33.1 Å². The average molecular weight is 546 g/mol. The van der Waals surface area contributed by atoms with Crippen LogP contribution in [0.2, 0.25) is 5.02 Å². The lowest BCUT2D eigenvalue weighted by molar-refractivity contribution is -0.385. The van der Waals surface area contributed by atoms with E-state index in [2.05, 4.69) is 5.32 Å².